The van der Waals surface area contributed by atoms with Crippen LogP contribution in [-0.2, 0) is 11.2 Å². The topological polar surface area (TPSA) is 99.2 Å². The van der Waals surface area contributed by atoms with Crippen LogP contribution >= 0.6 is 0 Å². The number of carbonyl (C=O) groups is 1. The Morgan fingerprint density at radius 3 is 2.73 bits per heavy atom. The summed E-state index contributed by atoms with van der Waals surface area (Å²) in [4.78, 5) is 19.9. The molecule has 3 heterocycles. The lowest BCUT2D eigenvalue weighted by atomic mass is 10.1. The first-order valence-corrected chi connectivity index (χ1v) is 10.6. The molecule has 10 heteroatoms. The van der Waals surface area contributed by atoms with Crippen LogP contribution in [0.5, 0.6) is 0 Å². The highest BCUT2D eigenvalue weighted by Crippen LogP contribution is 2.32. The second kappa shape index (κ2) is 8.91. The highest BCUT2D eigenvalue weighted by atomic mass is 19.1. The number of ether oxygens (including phenoxy) is 1. The summed E-state index contributed by atoms with van der Waals surface area (Å²) in [6, 6.07) is 9.67. The number of benzene rings is 2. The molecule has 0 radical (unpaired) electrons. The van der Waals surface area contributed by atoms with Crippen LogP contribution in [0, 0.1) is 12.7 Å². The molecule has 0 amide bonds. The minimum Gasteiger partial charge on any atom is -0.358 e. The van der Waals surface area contributed by atoms with Crippen LogP contribution in [0.2, 0.25) is 0 Å². The van der Waals surface area contributed by atoms with E-state index in [2.05, 4.69) is 25.2 Å². The fourth-order valence-corrected chi connectivity index (χ4v) is 3.98. The second-order valence-corrected chi connectivity index (χ2v) is 7.76. The summed E-state index contributed by atoms with van der Waals surface area (Å²) in [7, 11) is 0. The van der Waals surface area contributed by atoms with Gasteiger partial charge in [-0.2, -0.15) is 15.2 Å². The number of rotatable bonds is 6. The zero-order chi connectivity index (χ0) is 22.8. The van der Waals surface area contributed by atoms with Crippen LogP contribution in [-0.4, -0.2) is 50.8 Å². The van der Waals surface area contributed by atoms with Crippen molar-refractivity contribution < 1.29 is 18.4 Å². The Hall–Kier alpha value is -3.92. The Balaban J connectivity index is 1.48. The molecule has 0 spiro atoms. The quantitative estimate of drug-likeness (QED) is 0.414. The highest BCUT2D eigenvalue weighted by molar-refractivity contribution is 5.86. The molecule has 1 saturated heterocycles. The van der Waals surface area contributed by atoms with Crippen LogP contribution in [0.1, 0.15) is 28.2 Å². The number of nitrogens with zero attached hydrogens (tertiary/aromatic N) is 6. The molecule has 2 aromatic carbocycles. The van der Waals surface area contributed by atoms with E-state index in [-0.39, 0.29) is 12.0 Å². The summed E-state index contributed by atoms with van der Waals surface area (Å²) < 4.78 is 24.7. The van der Waals surface area contributed by atoms with E-state index in [1.807, 2.05) is 19.1 Å². The third-order valence-electron chi connectivity index (χ3n) is 5.44. The van der Waals surface area contributed by atoms with Gasteiger partial charge in [0.2, 0.25) is 0 Å². The van der Waals surface area contributed by atoms with Crippen molar-refractivity contribution in [3.05, 3.63) is 71.6 Å². The molecule has 33 heavy (non-hydrogen) atoms. The Kier molecular flexibility index (Phi) is 5.66. The first-order valence-electron chi connectivity index (χ1n) is 10.6. The maximum absolute atomic E-state index is 13.2. The van der Waals surface area contributed by atoms with E-state index in [0.29, 0.717) is 48.1 Å². The number of aldehydes is 1. The van der Waals surface area contributed by atoms with Gasteiger partial charge in [-0.1, -0.05) is 5.16 Å². The predicted molar refractivity (Wildman–Crippen MR) is 117 cm³/mol. The van der Waals surface area contributed by atoms with Crippen molar-refractivity contribution in [1.82, 2.24) is 25.1 Å². The van der Waals surface area contributed by atoms with E-state index in [4.69, 9.17) is 9.26 Å². The first-order chi connectivity index (χ1) is 16.1. The molecule has 1 fully saturated rings. The van der Waals surface area contributed by atoms with Crippen molar-refractivity contribution in [2.24, 2.45) is 0 Å². The number of carbonyl (C=O) groups excluding carboxylic acids is 1. The zero-order valence-corrected chi connectivity index (χ0v) is 17.9. The van der Waals surface area contributed by atoms with Crippen molar-refractivity contribution in [2.45, 2.75) is 26.0 Å². The van der Waals surface area contributed by atoms with Gasteiger partial charge in [-0.25, -0.2) is 4.39 Å². The van der Waals surface area contributed by atoms with Crippen LogP contribution in [0.3, 0.4) is 0 Å². The van der Waals surface area contributed by atoms with Crippen molar-refractivity contribution in [3.8, 4) is 17.1 Å². The number of aromatic nitrogens is 5. The molecule has 9 nitrogen and oxygen atoms in total. The van der Waals surface area contributed by atoms with Gasteiger partial charge in [0.1, 0.15) is 17.7 Å². The van der Waals surface area contributed by atoms with Gasteiger partial charge in [-0.05, 0) is 55.3 Å². The number of hydrogen-bond donors (Lipinski definition) is 0. The number of anilines is 1. The second-order valence-electron chi connectivity index (χ2n) is 7.76. The summed E-state index contributed by atoms with van der Waals surface area (Å²) >= 11 is 0. The van der Waals surface area contributed by atoms with E-state index in [9.17, 15) is 9.18 Å². The molecule has 0 N–H and O–H groups in total. The van der Waals surface area contributed by atoms with Gasteiger partial charge in [-0.15, -0.1) is 4.80 Å². The predicted octanol–water partition coefficient (Wildman–Crippen LogP) is 3.37. The van der Waals surface area contributed by atoms with Gasteiger partial charge in [0, 0.05) is 17.7 Å². The number of halogens is 1. The van der Waals surface area contributed by atoms with E-state index in [1.165, 1.54) is 16.9 Å². The molecular formula is C23H21FN6O3. The average Bonchev–Trinajstić information content (AvgIpc) is 3.52. The average molecular weight is 448 g/mol. The minimum atomic E-state index is -0.381. The summed E-state index contributed by atoms with van der Waals surface area (Å²) in [6.45, 7) is 3.24. The molecular weight excluding hydrogens is 427 g/mol. The standard InChI is InChI=1S/C23H21FN6O3/c1-15-11-17(14-31)22(30-25-7-8-26-30)19(12-15)29-9-2-10-32-21(29)13-20-27-23(33-28-20)16-3-5-18(24)6-4-16/h3-8,11-12,14,21H,2,9-10,13H2,1H3. The van der Waals surface area contributed by atoms with Crippen LogP contribution < -0.4 is 4.90 Å². The third-order valence-corrected chi connectivity index (χ3v) is 5.44. The molecule has 168 valence electrons. The Labute approximate surface area is 188 Å². The summed E-state index contributed by atoms with van der Waals surface area (Å²) in [5, 5.41) is 12.6. The monoisotopic (exact) mass is 448 g/mol. The molecule has 2 aromatic heterocycles. The lowest BCUT2D eigenvalue weighted by molar-refractivity contribution is 0.0248. The van der Waals surface area contributed by atoms with Crippen LogP contribution in [0.15, 0.2) is 53.3 Å². The normalized spacial score (nSPS) is 16.2. The Morgan fingerprint density at radius 1 is 1.18 bits per heavy atom. The molecule has 0 saturated carbocycles. The van der Waals surface area contributed by atoms with Crippen molar-refractivity contribution in [3.63, 3.8) is 0 Å². The van der Waals surface area contributed by atoms with E-state index >= 15 is 0 Å². The Morgan fingerprint density at radius 2 is 1.97 bits per heavy atom. The lowest BCUT2D eigenvalue weighted by Gasteiger charge is -2.38. The summed E-state index contributed by atoms with van der Waals surface area (Å²) in [5.41, 5.74) is 3.45. The molecule has 1 aliphatic heterocycles. The van der Waals surface area contributed by atoms with Gasteiger partial charge < -0.3 is 14.2 Å². The van der Waals surface area contributed by atoms with E-state index < -0.39 is 0 Å². The molecule has 1 unspecified atom stereocenters. The molecule has 4 aromatic rings. The highest BCUT2D eigenvalue weighted by Gasteiger charge is 2.29. The van der Waals surface area contributed by atoms with Crippen molar-refractivity contribution >= 4 is 12.0 Å². The largest absolute Gasteiger partial charge is 0.358 e. The fraction of sp³-hybridized carbons (Fsp3) is 0.261. The molecule has 1 aliphatic rings. The Bertz CT molecular complexity index is 1260. The van der Waals surface area contributed by atoms with Crippen molar-refractivity contribution in [1.29, 1.82) is 0 Å². The fourth-order valence-electron chi connectivity index (χ4n) is 3.98. The summed E-state index contributed by atoms with van der Waals surface area (Å²) in [6.07, 6.45) is 4.75. The van der Waals surface area contributed by atoms with E-state index in [1.54, 1.807) is 24.5 Å². The summed E-state index contributed by atoms with van der Waals surface area (Å²) in [5.74, 6) is 0.445. The number of hydrogen-bond acceptors (Lipinski definition) is 8. The molecule has 0 aliphatic carbocycles. The van der Waals surface area contributed by atoms with E-state index in [0.717, 1.165) is 24.0 Å². The zero-order valence-electron chi connectivity index (χ0n) is 17.9. The van der Waals surface area contributed by atoms with Crippen LogP contribution in [0.4, 0.5) is 10.1 Å². The van der Waals surface area contributed by atoms with Gasteiger partial charge in [0.25, 0.3) is 5.89 Å². The maximum atomic E-state index is 13.2. The smallest absolute Gasteiger partial charge is 0.257 e. The van der Waals surface area contributed by atoms with Gasteiger partial charge in [-0.3, -0.25) is 4.79 Å². The first kappa shape index (κ1) is 21.0. The van der Waals surface area contributed by atoms with Gasteiger partial charge in [0.05, 0.1) is 31.1 Å². The molecule has 1 atom stereocenters. The molecule has 5 rings (SSSR count). The van der Waals surface area contributed by atoms with Gasteiger partial charge in [0.15, 0.2) is 12.1 Å². The minimum absolute atomic E-state index is 0.313. The molecule has 0 bridgehead atoms. The maximum Gasteiger partial charge on any atom is 0.257 e. The SMILES string of the molecule is Cc1cc(C=O)c(-n2nccn2)c(N2CCCOC2Cc2noc(-c3ccc(F)cc3)n2)c1. The third kappa shape index (κ3) is 4.24. The number of aryl methyl sites for hydroxylation is 1. The van der Waals surface area contributed by atoms with Crippen LogP contribution in [0.25, 0.3) is 17.1 Å². The lowest BCUT2D eigenvalue weighted by Crippen LogP contribution is -2.45. The van der Waals surface area contributed by atoms with Crippen molar-refractivity contribution in [2.75, 3.05) is 18.1 Å². The van der Waals surface area contributed by atoms with Gasteiger partial charge >= 0.3 is 0 Å².